The van der Waals surface area contributed by atoms with Gasteiger partial charge in [0.2, 0.25) is 5.91 Å². The van der Waals surface area contributed by atoms with Crippen LogP contribution in [0.2, 0.25) is 10.0 Å². The number of halogens is 2. The lowest BCUT2D eigenvalue weighted by atomic mass is 9.75. The van der Waals surface area contributed by atoms with E-state index < -0.39 is 11.9 Å². The summed E-state index contributed by atoms with van der Waals surface area (Å²) in [6.45, 7) is 2.07. The maximum Gasteiger partial charge on any atom is 0.328 e. The molecule has 2 aromatic rings. The molecule has 1 amide bonds. The van der Waals surface area contributed by atoms with E-state index in [-0.39, 0.29) is 24.2 Å². The summed E-state index contributed by atoms with van der Waals surface area (Å²) in [5, 5.41) is 12.4. The molecule has 2 aromatic carbocycles. The number of nitrogens with one attached hydrogen (secondary N) is 1. The number of benzene rings is 2. The Hall–Kier alpha value is -2.67. The lowest BCUT2D eigenvalue weighted by Crippen LogP contribution is -2.41. The molecule has 6 nitrogen and oxygen atoms in total. The number of hydrogen-bond donors (Lipinski definition) is 2. The number of carbonyl (C=O) groups excluding carboxylic acids is 2. The Balaban J connectivity index is 1.57. The molecular formula is C27H28Cl2N2O4. The Morgan fingerprint density at radius 2 is 1.80 bits per heavy atom. The molecule has 0 saturated carbocycles. The van der Waals surface area contributed by atoms with Crippen molar-refractivity contribution in [3.05, 3.63) is 75.3 Å². The van der Waals surface area contributed by atoms with E-state index >= 15 is 0 Å². The molecule has 4 rings (SSSR count). The maximum absolute atomic E-state index is 13.2. The number of aliphatic carboxylic acids is 1. The summed E-state index contributed by atoms with van der Waals surface area (Å²) in [6, 6.07) is 11.3. The van der Waals surface area contributed by atoms with Crippen molar-refractivity contribution in [1.29, 1.82) is 0 Å². The predicted molar refractivity (Wildman–Crippen MR) is 137 cm³/mol. The first-order valence-electron chi connectivity index (χ1n) is 11.8. The van der Waals surface area contributed by atoms with Gasteiger partial charge in [0.1, 0.15) is 5.78 Å². The Bertz CT molecular complexity index is 1160. The first-order chi connectivity index (χ1) is 16.8. The number of amides is 1. The molecule has 2 atom stereocenters. The highest BCUT2D eigenvalue weighted by Gasteiger charge is 2.36. The third kappa shape index (κ3) is 6.51. The number of nitrogens with zero attached hydrogens (tertiary/aromatic N) is 1. The van der Waals surface area contributed by atoms with Crippen LogP contribution in [0.15, 0.2) is 48.6 Å². The van der Waals surface area contributed by atoms with Gasteiger partial charge in [-0.1, -0.05) is 35.3 Å². The van der Waals surface area contributed by atoms with Crippen molar-refractivity contribution in [2.24, 2.45) is 0 Å². The molecule has 1 aliphatic carbocycles. The number of likely N-dealkylation sites (tertiary alicyclic amines) is 1. The normalized spacial score (nSPS) is 20.1. The van der Waals surface area contributed by atoms with E-state index in [1.807, 2.05) is 24.3 Å². The SMILES string of the molecule is O=C(O)/C=C\C(=O)Nc1ccc2c(c1)[C@H](CC(=O)Cc1ccc(Cl)c(Cl)c1)[C@@H](N1CCCC1)CC2. The topological polar surface area (TPSA) is 86.7 Å². The van der Waals surface area contributed by atoms with Gasteiger partial charge in [-0.05, 0) is 79.7 Å². The van der Waals surface area contributed by atoms with Gasteiger partial charge in [-0.25, -0.2) is 4.79 Å². The largest absolute Gasteiger partial charge is 0.478 e. The van der Waals surface area contributed by atoms with Gasteiger partial charge < -0.3 is 10.4 Å². The Morgan fingerprint density at radius 3 is 2.51 bits per heavy atom. The number of rotatable bonds is 8. The number of anilines is 1. The van der Waals surface area contributed by atoms with Gasteiger partial charge in [-0.3, -0.25) is 14.5 Å². The van der Waals surface area contributed by atoms with Gasteiger partial charge in [0, 0.05) is 42.6 Å². The molecule has 1 fully saturated rings. The van der Waals surface area contributed by atoms with Gasteiger partial charge in [0.05, 0.1) is 10.0 Å². The lowest BCUT2D eigenvalue weighted by Gasteiger charge is -2.39. The number of aryl methyl sites for hydroxylation is 1. The fourth-order valence-electron chi connectivity index (χ4n) is 5.24. The molecular weight excluding hydrogens is 487 g/mol. The monoisotopic (exact) mass is 514 g/mol. The zero-order valence-corrected chi connectivity index (χ0v) is 20.8. The van der Waals surface area contributed by atoms with Crippen molar-refractivity contribution in [3.63, 3.8) is 0 Å². The van der Waals surface area contributed by atoms with Crippen molar-refractivity contribution in [2.45, 2.75) is 50.5 Å². The summed E-state index contributed by atoms with van der Waals surface area (Å²) in [4.78, 5) is 38.6. The third-order valence-corrected chi connectivity index (χ3v) is 7.55. The molecule has 1 aliphatic heterocycles. The maximum atomic E-state index is 13.2. The molecule has 0 bridgehead atoms. The summed E-state index contributed by atoms with van der Waals surface area (Å²) < 4.78 is 0. The van der Waals surface area contributed by atoms with Crippen LogP contribution < -0.4 is 5.32 Å². The van der Waals surface area contributed by atoms with E-state index in [1.54, 1.807) is 12.1 Å². The number of carboxylic acid groups (broad SMARTS) is 1. The number of ketones is 1. The summed E-state index contributed by atoms with van der Waals surface area (Å²) >= 11 is 12.2. The van der Waals surface area contributed by atoms with Crippen molar-refractivity contribution in [3.8, 4) is 0 Å². The van der Waals surface area contributed by atoms with E-state index in [0.717, 1.165) is 49.2 Å². The van der Waals surface area contributed by atoms with E-state index in [1.165, 1.54) is 18.4 Å². The van der Waals surface area contributed by atoms with Crippen molar-refractivity contribution < 1.29 is 19.5 Å². The average Bonchev–Trinajstić information content (AvgIpc) is 3.35. The van der Waals surface area contributed by atoms with Crippen molar-refractivity contribution in [2.75, 3.05) is 18.4 Å². The van der Waals surface area contributed by atoms with Crippen LogP contribution in [0, 0.1) is 0 Å². The van der Waals surface area contributed by atoms with Crippen LogP contribution in [-0.4, -0.2) is 46.8 Å². The van der Waals surface area contributed by atoms with Crippen LogP contribution in [-0.2, 0) is 27.2 Å². The standard InChI is InChI=1S/C27H28Cl2N2O4/c28-23-7-3-17(14-24(23)29)13-20(32)16-22-21-15-19(30-26(33)9-10-27(34)35)6-4-18(21)5-8-25(22)31-11-1-2-12-31/h3-4,6-7,9-10,14-15,22,25H,1-2,5,8,11-13,16H2,(H,30,33)(H,34,35)/b10-9-/t22-,25-/m0/s1. The first kappa shape index (κ1) is 25.4. The van der Waals surface area contributed by atoms with Crippen LogP contribution in [0.1, 0.15) is 48.3 Å². The van der Waals surface area contributed by atoms with Crippen LogP contribution in [0.5, 0.6) is 0 Å². The molecule has 0 spiro atoms. The highest BCUT2D eigenvalue weighted by molar-refractivity contribution is 6.42. The number of fused-ring (bicyclic) bond motifs is 1. The molecule has 0 unspecified atom stereocenters. The molecule has 184 valence electrons. The Kier molecular flexibility index (Phi) is 8.26. The molecule has 0 radical (unpaired) electrons. The number of carboxylic acids is 1. The van der Waals surface area contributed by atoms with Gasteiger partial charge in [0.15, 0.2) is 0 Å². The zero-order chi connectivity index (χ0) is 24.9. The van der Waals surface area contributed by atoms with E-state index in [4.69, 9.17) is 28.3 Å². The summed E-state index contributed by atoms with van der Waals surface area (Å²) in [5.41, 5.74) is 3.69. The van der Waals surface area contributed by atoms with Gasteiger partial charge in [-0.15, -0.1) is 0 Å². The van der Waals surface area contributed by atoms with E-state index in [2.05, 4.69) is 10.2 Å². The Labute approximate surface area is 214 Å². The van der Waals surface area contributed by atoms with Crippen LogP contribution in [0.3, 0.4) is 0 Å². The fourth-order valence-corrected chi connectivity index (χ4v) is 5.56. The molecule has 1 saturated heterocycles. The van der Waals surface area contributed by atoms with E-state index in [9.17, 15) is 14.4 Å². The second-order valence-corrected chi connectivity index (χ2v) is 10.0. The van der Waals surface area contributed by atoms with Gasteiger partial charge in [-0.2, -0.15) is 0 Å². The minimum Gasteiger partial charge on any atom is -0.478 e. The highest BCUT2D eigenvalue weighted by atomic mass is 35.5. The predicted octanol–water partition coefficient (Wildman–Crippen LogP) is 5.27. The lowest BCUT2D eigenvalue weighted by molar-refractivity contribution is -0.131. The molecule has 1 heterocycles. The quantitative estimate of drug-likeness (QED) is 0.468. The summed E-state index contributed by atoms with van der Waals surface area (Å²) in [6.07, 6.45) is 6.72. The van der Waals surface area contributed by atoms with Gasteiger partial charge >= 0.3 is 5.97 Å². The van der Waals surface area contributed by atoms with Crippen LogP contribution >= 0.6 is 23.2 Å². The molecule has 2 N–H and O–H groups in total. The summed E-state index contributed by atoms with van der Waals surface area (Å²) in [5.74, 6) is -1.55. The smallest absolute Gasteiger partial charge is 0.328 e. The summed E-state index contributed by atoms with van der Waals surface area (Å²) in [7, 11) is 0. The van der Waals surface area contributed by atoms with Crippen molar-refractivity contribution in [1.82, 2.24) is 4.90 Å². The molecule has 8 heteroatoms. The molecule has 0 aromatic heterocycles. The first-order valence-corrected chi connectivity index (χ1v) is 12.6. The zero-order valence-electron chi connectivity index (χ0n) is 19.3. The average molecular weight is 515 g/mol. The van der Waals surface area contributed by atoms with Crippen molar-refractivity contribution >= 4 is 46.5 Å². The van der Waals surface area contributed by atoms with Crippen LogP contribution in [0.4, 0.5) is 5.69 Å². The number of carbonyl (C=O) groups is 3. The molecule has 2 aliphatic rings. The molecule has 35 heavy (non-hydrogen) atoms. The van der Waals surface area contributed by atoms with Crippen LogP contribution in [0.25, 0.3) is 0 Å². The number of Topliss-reactive ketones (excluding diaryl/α,β-unsaturated/α-hetero) is 1. The second-order valence-electron chi connectivity index (χ2n) is 9.20. The minimum absolute atomic E-state index is 0.0125. The fraction of sp³-hybridized carbons (Fsp3) is 0.370. The van der Waals surface area contributed by atoms with Gasteiger partial charge in [0.25, 0.3) is 0 Å². The second kappa shape index (κ2) is 11.4. The highest BCUT2D eigenvalue weighted by Crippen LogP contribution is 2.40. The minimum atomic E-state index is -1.18. The number of hydrogen-bond acceptors (Lipinski definition) is 4. The third-order valence-electron chi connectivity index (χ3n) is 6.81. The van der Waals surface area contributed by atoms with E-state index in [0.29, 0.717) is 22.2 Å². The Morgan fingerprint density at radius 1 is 1.03 bits per heavy atom.